The van der Waals surface area contributed by atoms with Crippen molar-refractivity contribution in [1.29, 1.82) is 0 Å². The number of hydrazine groups is 1. The fourth-order valence-electron chi connectivity index (χ4n) is 4.51. The van der Waals surface area contributed by atoms with Gasteiger partial charge in [0.25, 0.3) is 0 Å². The number of nitrogens with one attached hydrogen (secondary N) is 3. The van der Waals surface area contributed by atoms with Gasteiger partial charge in [-0.1, -0.05) is 121 Å². The summed E-state index contributed by atoms with van der Waals surface area (Å²) in [6.07, 6.45) is 1.21. The predicted molar refractivity (Wildman–Crippen MR) is 154 cm³/mol. The van der Waals surface area contributed by atoms with E-state index in [4.69, 9.17) is 0 Å². The molecule has 3 N–H and O–H groups in total. The molecule has 198 valence electrons. The standard InChI is InChI=1S/C31H26N6O3/c38-31(26(22-13-5-1-6-14-22)23-15-7-2-8-16-23)36-35-30-28(37(39)40)29(32-21-33-30)34-27(24-17-9-3-10-18-24)25-19-11-4-12-20-25/h1-21,26-27H,(H,36,38)(H2,32,33,34,35). The smallest absolute Gasteiger partial charge is 0.353 e. The van der Waals surface area contributed by atoms with Crippen molar-refractivity contribution in [2.75, 3.05) is 10.7 Å². The number of hydrogen-bond donors (Lipinski definition) is 3. The Bertz CT molecular complexity index is 1490. The maximum absolute atomic E-state index is 13.4. The zero-order chi connectivity index (χ0) is 27.7. The van der Waals surface area contributed by atoms with Crippen molar-refractivity contribution in [1.82, 2.24) is 15.4 Å². The lowest BCUT2D eigenvalue weighted by Gasteiger charge is -2.21. The Morgan fingerprint density at radius 2 is 1.07 bits per heavy atom. The zero-order valence-electron chi connectivity index (χ0n) is 21.3. The fraction of sp³-hybridized carbons (Fsp3) is 0.0645. The molecule has 0 unspecified atom stereocenters. The van der Waals surface area contributed by atoms with Crippen molar-refractivity contribution in [3.63, 3.8) is 0 Å². The molecule has 5 rings (SSSR count). The fourth-order valence-corrected chi connectivity index (χ4v) is 4.51. The first kappa shape index (κ1) is 26.1. The minimum atomic E-state index is -0.645. The van der Waals surface area contributed by atoms with Gasteiger partial charge in [-0.2, -0.15) is 0 Å². The summed E-state index contributed by atoms with van der Waals surface area (Å²) in [6.45, 7) is 0. The van der Waals surface area contributed by atoms with E-state index in [-0.39, 0.29) is 11.6 Å². The van der Waals surface area contributed by atoms with Gasteiger partial charge in [-0.25, -0.2) is 9.97 Å². The average Bonchev–Trinajstić information content (AvgIpc) is 3.01. The van der Waals surface area contributed by atoms with Crippen LogP contribution in [0.2, 0.25) is 0 Å². The van der Waals surface area contributed by atoms with Crippen LogP contribution >= 0.6 is 0 Å². The molecule has 0 bridgehead atoms. The average molecular weight is 531 g/mol. The lowest BCUT2D eigenvalue weighted by Crippen LogP contribution is -2.35. The van der Waals surface area contributed by atoms with E-state index in [0.29, 0.717) is 0 Å². The summed E-state index contributed by atoms with van der Waals surface area (Å²) >= 11 is 0. The topological polar surface area (TPSA) is 122 Å². The summed E-state index contributed by atoms with van der Waals surface area (Å²) in [4.78, 5) is 33.4. The molecule has 9 heteroatoms. The number of amides is 1. The van der Waals surface area contributed by atoms with Gasteiger partial charge in [-0.05, 0) is 22.3 Å². The summed E-state index contributed by atoms with van der Waals surface area (Å²) in [5, 5.41) is 15.5. The normalized spacial score (nSPS) is 10.8. The Balaban J connectivity index is 1.44. The first-order valence-electron chi connectivity index (χ1n) is 12.6. The van der Waals surface area contributed by atoms with Crippen LogP contribution < -0.4 is 16.2 Å². The lowest BCUT2D eigenvalue weighted by atomic mass is 9.91. The van der Waals surface area contributed by atoms with Crippen molar-refractivity contribution in [2.45, 2.75) is 12.0 Å². The van der Waals surface area contributed by atoms with Crippen LogP contribution in [0, 0.1) is 10.1 Å². The summed E-state index contributed by atoms with van der Waals surface area (Å²) in [5.74, 6) is -1.17. The molecule has 1 amide bonds. The Morgan fingerprint density at radius 1 is 0.650 bits per heavy atom. The SMILES string of the molecule is O=C(NNc1ncnc(NC(c2ccccc2)c2ccccc2)c1[N+](=O)[O-])C(c1ccccc1)c1ccccc1. The lowest BCUT2D eigenvalue weighted by molar-refractivity contribution is -0.383. The highest BCUT2D eigenvalue weighted by molar-refractivity contribution is 5.88. The molecule has 0 aliphatic rings. The van der Waals surface area contributed by atoms with Crippen LogP contribution in [-0.4, -0.2) is 20.8 Å². The minimum absolute atomic E-state index is 0.0112. The van der Waals surface area contributed by atoms with Gasteiger partial charge < -0.3 is 5.32 Å². The van der Waals surface area contributed by atoms with Crippen molar-refractivity contribution in [3.8, 4) is 0 Å². The number of rotatable bonds is 10. The van der Waals surface area contributed by atoms with Crippen LogP contribution in [0.1, 0.15) is 34.2 Å². The van der Waals surface area contributed by atoms with Crippen LogP contribution in [0.5, 0.6) is 0 Å². The highest BCUT2D eigenvalue weighted by Gasteiger charge is 2.28. The molecule has 1 aromatic heterocycles. The number of anilines is 2. The molecule has 1 heterocycles. The minimum Gasteiger partial charge on any atom is -0.353 e. The molecule has 0 atom stereocenters. The quantitative estimate of drug-likeness (QED) is 0.153. The van der Waals surface area contributed by atoms with Gasteiger partial charge in [0.1, 0.15) is 6.33 Å². The molecule has 0 aliphatic carbocycles. The summed E-state index contributed by atoms with van der Waals surface area (Å²) in [7, 11) is 0. The first-order valence-corrected chi connectivity index (χ1v) is 12.6. The first-order chi connectivity index (χ1) is 19.6. The van der Waals surface area contributed by atoms with Crippen LogP contribution in [0.25, 0.3) is 0 Å². The number of nitrogens with zero attached hydrogens (tertiary/aromatic N) is 3. The molecule has 0 saturated carbocycles. The van der Waals surface area contributed by atoms with Gasteiger partial charge in [-0.15, -0.1) is 0 Å². The highest BCUT2D eigenvalue weighted by Crippen LogP contribution is 2.34. The van der Waals surface area contributed by atoms with Gasteiger partial charge in [0.15, 0.2) is 0 Å². The summed E-state index contributed by atoms with van der Waals surface area (Å²) < 4.78 is 0. The Kier molecular flexibility index (Phi) is 8.02. The number of aromatic nitrogens is 2. The molecule has 9 nitrogen and oxygen atoms in total. The van der Waals surface area contributed by atoms with Crippen LogP contribution in [-0.2, 0) is 4.79 Å². The van der Waals surface area contributed by atoms with E-state index in [2.05, 4.69) is 26.1 Å². The van der Waals surface area contributed by atoms with E-state index < -0.39 is 28.5 Å². The number of carbonyl (C=O) groups is 1. The zero-order valence-corrected chi connectivity index (χ0v) is 21.3. The molecule has 5 aromatic rings. The maximum Gasteiger partial charge on any atom is 0.354 e. The van der Waals surface area contributed by atoms with Crippen LogP contribution in [0.4, 0.5) is 17.3 Å². The molecule has 0 saturated heterocycles. The number of hydrogen-bond acceptors (Lipinski definition) is 7. The van der Waals surface area contributed by atoms with Gasteiger partial charge in [0.05, 0.1) is 16.9 Å². The molecule has 40 heavy (non-hydrogen) atoms. The third-order valence-corrected chi connectivity index (χ3v) is 6.38. The predicted octanol–water partition coefficient (Wildman–Crippen LogP) is 5.86. The van der Waals surface area contributed by atoms with E-state index in [1.54, 1.807) is 0 Å². The summed E-state index contributed by atoms with van der Waals surface area (Å²) in [6, 6.07) is 37.4. The molecule has 0 aliphatic heterocycles. The van der Waals surface area contributed by atoms with Gasteiger partial charge in [0.2, 0.25) is 17.5 Å². The number of benzene rings is 4. The van der Waals surface area contributed by atoms with Crippen LogP contribution in [0.15, 0.2) is 128 Å². The third-order valence-electron chi connectivity index (χ3n) is 6.38. The Morgan fingerprint density at radius 3 is 1.52 bits per heavy atom. The third kappa shape index (κ3) is 5.94. The number of carbonyl (C=O) groups excluding carboxylic acids is 1. The Labute approximate surface area is 231 Å². The summed E-state index contributed by atoms with van der Waals surface area (Å²) in [5.41, 5.74) is 8.27. The molecular weight excluding hydrogens is 504 g/mol. The van der Waals surface area contributed by atoms with E-state index in [1.807, 2.05) is 121 Å². The van der Waals surface area contributed by atoms with E-state index in [9.17, 15) is 14.9 Å². The molecule has 0 radical (unpaired) electrons. The van der Waals surface area contributed by atoms with Gasteiger partial charge in [-0.3, -0.25) is 25.8 Å². The second kappa shape index (κ2) is 12.3. The van der Waals surface area contributed by atoms with E-state index >= 15 is 0 Å². The van der Waals surface area contributed by atoms with Crippen LogP contribution in [0.3, 0.4) is 0 Å². The second-order valence-corrected chi connectivity index (χ2v) is 8.94. The molecule has 4 aromatic carbocycles. The van der Waals surface area contributed by atoms with Crippen molar-refractivity contribution in [2.24, 2.45) is 0 Å². The molecule has 0 spiro atoms. The Hall–Kier alpha value is -5.57. The monoisotopic (exact) mass is 530 g/mol. The largest absolute Gasteiger partial charge is 0.354 e. The van der Waals surface area contributed by atoms with Gasteiger partial charge in [0, 0.05) is 0 Å². The number of nitro groups is 1. The second-order valence-electron chi connectivity index (χ2n) is 8.94. The molecule has 0 fully saturated rings. The van der Waals surface area contributed by atoms with E-state index in [0.717, 1.165) is 22.3 Å². The van der Waals surface area contributed by atoms with E-state index in [1.165, 1.54) is 6.33 Å². The van der Waals surface area contributed by atoms with Crippen molar-refractivity contribution < 1.29 is 9.72 Å². The maximum atomic E-state index is 13.4. The van der Waals surface area contributed by atoms with Crippen molar-refractivity contribution in [3.05, 3.63) is 160 Å². The van der Waals surface area contributed by atoms with Crippen molar-refractivity contribution >= 4 is 23.2 Å². The highest BCUT2D eigenvalue weighted by atomic mass is 16.6. The van der Waals surface area contributed by atoms with Gasteiger partial charge >= 0.3 is 5.69 Å². The molecular formula is C31H26N6O3.